The van der Waals surface area contributed by atoms with Crippen LogP contribution in [0.2, 0.25) is 0 Å². The van der Waals surface area contributed by atoms with E-state index in [9.17, 15) is 4.79 Å². The highest BCUT2D eigenvalue weighted by Crippen LogP contribution is 2.24. The van der Waals surface area contributed by atoms with Crippen molar-refractivity contribution in [2.24, 2.45) is 0 Å². The average molecular weight is 469 g/mol. The molecule has 0 amide bonds. The van der Waals surface area contributed by atoms with E-state index in [2.05, 4.69) is 45.3 Å². The number of esters is 1. The van der Waals surface area contributed by atoms with E-state index < -0.39 is 6.29 Å². The first kappa shape index (κ1) is 27.9. The third-order valence-electron chi connectivity index (χ3n) is 6.53. The topological polar surface area (TPSA) is 35.5 Å². The number of ether oxygens (including phenoxy) is 2. The number of aryl methyl sites for hydroxylation is 1. The van der Waals surface area contributed by atoms with Gasteiger partial charge in [0.2, 0.25) is 6.29 Å². The second kappa shape index (κ2) is 14.8. The molecule has 4 heteroatoms. The summed E-state index contributed by atoms with van der Waals surface area (Å²) in [4.78, 5) is 13.1. The summed E-state index contributed by atoms with van der Waals surface area (Å²) in [5.41, 5.74) is 2.40. The van der Waals surface area contributed by atoms with Crippen LogP contribution in [0, 0.1) is 0 Å². The quantitative estimate of drug-likeness (QED) is 0.112. The van der Waals surface area contributed by atoms with Gasteiger partial charge in [0.1, 0.15) is 12.3 Å². The lowest BCUT2D eigenvalue weighted by molar-refractivity contribution is -0.919. The first-order valence-electron chi connectivity index (χ1n) is 13.2. The first-order valence-corrected chi connectivity index (χ1v) is 13.2. The molecule has 0 aliphatic rings. The molecule has 0 saturated heterocycles. The van der Waals surface area contributed by atoms with Crippen LogP contribution in [0.15, 0.2) is 54.6 Å². The van der Waals surface area contributed by atoms with Crippen LogP contribution < -0.4 is 4.74 Å². The van der Waals surface area contributed by atoms with Crippen molar-refractivity contribution in [3.63, 3.8) is 0 Å². The van der Waals surface area contributed by atoms with Gasteiger partial charge in [-0.3, -0.25) is 0 Å². The maximum Gasteiger partial charge on any atom is 0.368 e. The smallest absolute Gasteiger partial charge is 0.368 e. The number of hydrogen-bond acceptors (Lipinski definition) is 3. The number of rotatable bonds is 16. The summed E-state index contributed by atoms with van der Waals surface area (Å²) in [6.07, 6.45) is 10.1. The Morgan fingerprint density at radius 1 is 0.853 bits per heavy atom. The molecule has 188 valence electrons. The molecule has 2 aromatic rings. The van der Waals surface area contributed by atoms with Gasteiger partial charge < -0.3 is 14.0 Å². The largest absolute Gasteiger partial charge is 0.455 e. The number of hydrogen-bond donors (Lipinski definition) is 0. The van der Waals surface area contributed by atoms with E-state index in [1.165, 1.54) is 49.7 Å². The molecule has 2 atom stereocenters. The molecule has 2 aromatic carbocycles. The third kappa shape index (κ3) is 9.50. The fraction of sp³-hybridized carbons (Fsp3) is 0.567. The summed E-state index contributed by atoms with van der Waals surface area (Å²) >= 11 is 0. The molecule has 0 radical (unpaired) electrons. The molecule has 0 fully saturated rings. The van der Waals surface area contributed by atoms with Crippen molar-refractivity contribution in [3.05, 3.63) is 65.7 Å². The molecule has 0 aromatic heterocycles. The van der Waals surface area contributed by atoms with Gasteiger partial charge in [0.15, 0.2) is 6.04 Å². The van der Waals surface area contributed by atoms with E-state index in [1.807, 2.05) is 44.2 Å². The number of likely N-dealkylation sites (N-methyl/N-ethyl adjacent to an activating group) is 1. The first-order chi connectivity index (χ1) is 16.4. The Labute approximate surface area is 207 Å². The fourth-order valence-electron chi connectivity index (χ4n) is 4.65. The lowest BCUT2D eigenvalue weighted by Gasteiger charge is -2.36. The highest BCUT2D eigenvalue weighted by Gasteiger charge is 2.36. The predicted molar refractivity (Wildman–Crippen MR) is 141 cm³/mol. The lowest BCUT2D eigenvalue weighted by atomic mass is 10.0. The Bertz CT molecular complexity index is 834. The molecule has 2 unspecified atom stereocenters. The van der Waals surface area contributed by atoms with Gasteiger partial charge in [0, 0.05) is 18.9 Å². The summed E-state index contributed by atoms with van der Waals surface area (Å²) < 4.78 is 12.4. The van der Waals surface area contributed by atoms with Gasteiger partial charge in [0.05, 0.1) is 14.1 Å². The van der Waals surface area contributed by atoms with Crippen LogP contribution >= 0.6 is 0 Å². The SMILES string of the molecule is CCCCCCCCCc1ccccc1OC(C)OC(=O)C(CC)[N+](C)(C)Cc1ccccc1. The van der Waals surface area contributed by atoms with Crippen molar-refractivity contribution in [2.45, 2.75) is 97.4 Å². The Kier molecular flexibility index (Phi) is 12.2. The number of benzene rings is 2. The van der Waals surface area contributed by atoms with Gasteiger partial charge in [-0.05, 0) is 24.5 Å². The van der Waals surface area contributed by atoms with Crippen molar-refractivity contribution in [2.75, 3.05) is 14.1 Å². The molecule has 0 aliphatic carbocycles. The highest BCUT2D eigenvalue weighted by atomic mass is 16.7. The minimum atomic E-state index is -0.631. The van der Waals surface area contributed by atoms with Crippen molar-refractivity contribution < 1.29 is 18.8 Å². The van der Waals surface area contributed by atoms with Crippen molar-refractivity contribution in [1.82, 2.24) is 0 Å². The number of carbonyl (C=O) groups excluding carboxylic acids is 1. The van der Waals surface area contributed by atoms with Crippen LogP contribution in [-0.2, 0) is 22.5 Å². The molecule has 0 saturated carbocycles. The summed E-state index contributed by atoms with van der Waals surface area (Å²) in [7, 11) is 4.18. The molecule has 0 spiro atoms. The molecule has 0 N–H and O–H groups in total. The monoisotopic (exact) mass is 468 g/mol. The number of nitrogens with zero attached hydrogens (tertiary/aromatic N) is 1. The van der Waals surface area contributed by atoms with E-state index in [0.717, 1.165) is 25.1 Å². The standard InChI is InChI=1S/C30H46NO3/c1-6-8-9-10-11-12-16-21-27-22-17-18-23-29(27)33-25(3)34-30(32)28(7-2)31(4,5)24-26-19-14-13-15-20-26/h13-15,17-20,22-23,25,28H,6-12,16,21,24H2,1-5H3/q+1. The van der Waals surface area contributed by atoms with Crippen LogP contribution in [0.1, 0.15) is 83.3 Å². The Morgan fingerprint density at radius 2 is 1.47 bits per heavy atom. The number of unbranched alkanes of at least 4 members (excludes halogenated alkanes) is 6. The van der Waals surface area contributed by atoms with Crippen LogP contribution in [0.5, 0.6) is 5.75 Å². The normalized spacial score (nSPS) is 13.3. The minimum Gasteiger partial charge on any atom is -0.455 e. The molecular weight excluding hydrogens is 422 g/mol. The second-order valence-corrected chi connectivity index (χ2v) is 9.95. The van der Waals surface area contributed by atoms with Crippen molar-refractivity contribution in [3.8, 4) is 5.75 Å². The van der Waals surface area contributed by atoms with E-state index in [-0.39, 0.29) is 12.0 Å². The molecule has 2 rings (SSSR count). The molecule has 0 heterocycles. The number of quaternary nitrogens is 1. The van der Waals surface area contributed by atoms with Gasteiger partial charge in [0.25, 0.3) is 0 Å². The van der Waals surface area contributed by atoms with Gasteiger partial charge in [-0.2, -0.15) is 0 Å². The molecule has 34 heavy (non-hydrogen) atoms. The van der Waals surface area contributed by atoms with Crippen molar-refractivity contribution in [1.29, 1.82) is 0 Å². The highest BCUT2D eigenvalue weighted by molar-refractivity contribution is 5.74. The van der Waals surface area contributed by atoms with Gasteiger partial charge in [-0.25, -0.2) is 4.79 Å². The van der Waals surface area contributed by atoms with Gasteiger partial charge >= 0.3 is 5.97 Å². The Balaban J connectivity index is 1.89. The third-order valence-corrected chi connectivity index (χ3v) is 6.53. The molecular formula is C30H46NO3+. The Morgan fingerprint density at radius 3 is 2.15 bits per heavy atom. The summed E-state index contributed by atoms with van der Waals surface area (Å²) in [5, 5.41) is 0. The summed E-state index contributed by atoms with van der Waals surface area (Å²) in [6.45, 7) is 6.87. The lowest BCUT2D eigenvalue weighted by Crippen LogP contribution is -2.53. The zero-order valence-electron chi connectivity index (χ0n) is 22.1. The number of carbonyl (C=O) groups is 1. The molecule has 0 bridgehead atoms. The van der Waals surface area contributed by atoms with E-state index >= 15 is 0 Å². The second-order valence-electron chi connectivity index (χ2n) is 9.95. The van der Waals surface area contributed by atoms with Gasteiger partial charge in [-0.1, -0.05) is 101 Å². The van der Waals surface area contributed by atoms with Crippen LogP contribution in [0.25, 0.3) is 0 Å². The average Bonchev–Trinajstić information content (AvgIpc) is 2.80. The summed E-state index contributed by atoms with van der Waals surface area (Å²) in [5.74, 6) is 0.611. The van der Waals surface area contributed by atoms with Gasteiger partial charge in [-0.15, -0.1) is 0 Å². The zero-order valence-corrected chi connectivity index (χ0v) is 22.1. The summed E-state index contributed by atoms with van der Waals surface area (Å²) in [6, 6.07) is 18.2. The minimum absolute atomic E-state index is 0.208. The molecule has 0 aliphatic heterocycles. The van der Waals surface area contributed by atoms with Crippen LogP contribution in [0.4, 0.5) is 0 Å². The van der Waals surface area contributed by atoms with Crippen LogP contribution in [0.3, 0.4) is 0 Å². The zero-order chi connectivity index (χ0) is 24.8. The maximum absolute atomic E-state index is 13.1. The van der Waals surface area contributed by atoms with E-state index in [1.54, 1.807) is 0 Å². The predicted octanol–water partition coefficient (Wildman–Crippen LogP) is 7.30. The molecule has 4 nitrogen and oxygen atoms in total. The number of para-hydroxylation sites is 1. The maximum atomic E-state index is 13.1. The van der Waals surface area contributed by atoms with Crippen molar-refractivity contribution >= 4 is 5.97 Å². The van der Waals surface area contributed by atoms with E-state index in [0.29, 0.717) is 10.9 Å². The fourth-order valence-corrected chi connectivity index (χ4v) is 4.65. The van der Waals surface area contributed by atoms with E-state index in [4.69, 9.17) is 9.47 Å². The Hall–Kier alpha value is -2.33. The van der Waals surface area contributed by atoms with Crippen LogP contribution in [-0.4, -0.2) is 36.9 Å².